The zero-order valence-corrected chi connectivity index (χ0v) is 12.3. The number of nitrogens with zero attached hydrogens (tertiary/aromatic N) is 3. The molecule has 5 nitrogen and oxygen atoms in total. The molecule has 2 unspecified atom stereocenters. The van der Waals surface area contributed by atoms with Crippen LogP contribution in [0.4, 0.5) is 5.82 Å². The Balaban J connectivity index is 1.82. The molecular formula is C14H17N3O2S. The molecular weight excluding hydrogens is 274 g/mol. The highest BCUT2D eigenvalue weighted by molar-refractivity contribution is 7.07. The molecule has 1 aliphatic heterocycles. The summed E-state index contributed by atoms with van der Waals surface area (Å²) in [5.41, 5.74) is 1.22. The summed E-state index contributed by atoms with van der Waals surface area (Å²) in [7, 11) is 1.60. The van der Waals surface area contributed by atoms with Gasteiger partial charge in [0.25, 0.3) is 0 Å². The lowest BCUT2D eigenvalue weighted by Crippen LogP contribution is -2.43. The lowest BCUT2D eigenvalue weighted by molar-refractivity contribution is -0.0174. The topological polar surface area (TPSA) is 47.5 Å². The Kier molecular flexibility index (Phi) is 3.84. The van der Waals surface area contributed by atoms with Gasteiger partial charge in [-0.25, -0.2) is 0 Å². The highest BCUT2D eigenvalue weighted by atomic mass is 32.1. The molecule has 106 valence electrons. The van der Waals surface area contributed by atoms with E-state index in [4.69, 9.17) is 9.47 Å². The van der Waals surface area contributed by atoms with Gasteiger partial charge < -0.3 is 14.4 Å². The van der Waals surface area contributed by atoms with Crippen molar-refractivity contribution < 1.29 is 9.47 Å². The van der Waals surface area contributed by atoms with Gasteiger partial charge in [0, 0.05) is 13.1 Å². The third-order valence-corrected chi connectivity index (χ3v) is 4.01. The van der Waals surface area contributed by atoms with E-state index in [1.807, 2.05) is 0 Å². The molecule has 0 spiro atoms. The monoisotopic (exact) mass is 291 g/mol. The van der Waals surface area contributed by atoms with Gasteiger partial charge in [-0.1, -0.05) is 0 Å². The van der Waals surface area contributed by atoms with Crippen LogP contribution in [0.1, 0.15) is 18.6 Å². The fourth-order valence-corrected chi connectivity index (χ4v) is 3.07. The molecule has 20 heavy (non-hydrogen) atoms. The molecule has 2 aromatic heterocycles. The molecule has 0 aromatic carbocycles. The van der Waals surface area contributed by atoms with Gasteiger partial charge in [-0.05, 0) is 29.3 Å². The normalized spacial score (nSPS) is 22.8. The van der Waals surface area contributed by atoms with Crippen LogP contribution in [0.15, 0.2) is 29.2 Å². The Morgan fingerprint density at radius 2 is 2.30 bits per heavy atom. The van der Waals surface area contributed by atoms with Crippen LogP contribution in [0.5, 0.6) is 5.88 Å². The number of anilines is 1. The van der Waals surface area contributed by atoms with Gasteiger partial charge in [0.05, 0.1) is 25.6 Å². The molecule has 0 radical (unpaired) electrons. The first kappa shape index (κ1) is 13.3. The van der Waals surface area contributed by atoms with Gasteiger partial charge in [-0.2, -0.15) is 16.3 Å². The number of hydrogen-bond donors (Lipinski definition) is 0. The molecule has 0 aliphatic carbocycles. The van der Waals surface area contributed by atoms with Gasteiger partial charge in [0.2, 0.25) is 5.88 Å². The summed E-state index contributed by atoms with van der Waals surface area (Å²) in [5.74, 6) is 1.37. The smallest absolute Gasteiger partial charge is 0.233 e. The van der Waals surface area contributed by atoms with Crippen LogP contribution >= 0.6 is 11.3 Å². The predicted molar refractivity (Wildman–Crippen MR) is 78.4 cm³/mol. The van der Waals surface area contributed by atoms with E-state index >= 15 is 0 Å². The summed E-state index contributed by atoms with van der Waals surface area (Å²) < 4.78 is 11.2. The molecule has 0 N–H and O–H groups in total. The first-order valence-corrected chi connectivity index (χ1v) is 7.49. The zero-order valence-electron chi connectivity index (χ0n) is 11.5. The fourth-order valence-electron chi connectivity index (χ4n) is 2.37. The number of morpholine rings is 1. The Bertz CT molecular complexity index is 561. The van der Waals surface area contributed by atoms with E-state index in [-0.39, 0.29) is 12.2 Å². The van der Waals surface area contributed by atoms with E-state index in [1.54, 1.807) is 30.8 Å². The number of rotatable bonds is 3. The van der Waals surface area contributed by atoms with Gasteiger partial charge >= 0.3 is 0 Å². The average molecular weight is 291 g/mol. The molecule has 0 saturated carbocycles. The molecule has 2 atom stereocenters. The summed E-state index contributed by atoms with van der Waals surface area (Å²) in [6, 6.07) is 2.11. The predicted octanol–water partition coefficient (Wildman–Crippen LogP) is 2.51. The van der Waals surface area contributed by atoms with Crippen LogP contribution in [0.3, 0.4) is 0 Å². The minimum absolute atomic E-state index is 0.0815. The summed E-state index contributed by atoms with van der Waals surface area (Å²) in [6.45, 7) is 3.67. The van der Waals surface area contributed by atoms with Crippen molar-refractivity contribution in [3.63, 3.8) is 0 Å². The molecule has 6 heteroatoms. The van der Waals surface area contributed by atoms with E-state index in [9.17, 15) is 0 Å². The molecule has 1 fully saturated rings. The van der Waals surface area contributed by atoms with E-state index in [0.29, 0.717) is 5.88 Å². The maximum absolute atomic E-state index is 6.02. The quantitative estimate of drug-likeness (QED) is 0.869. The molecule has 2 aromatic rings. The lowest BCUT2D eigenvalue weighted by Gasteiger charge is -2.37. The Morgan fingerprint density at radius 1 is 1.40 bits per heavy atom. The van der Waals surface area contributed by atoms with E-state index in [1.165, 1.54) is 5.56 Å². The Morgan fingerprint density at radius 3 is 3.05 bits per heavy atom. The Hall–Kier alpha value is -1.66. The maximum atomic E-state index is 6.02. The largest absolute Gasteiger partial charge is 0.480 e. The SMILES string of the molecule is COc1cncc(N2CC(C)OC(c3ccsc3)C2)n1. The Labute approximate surface area is 122 Å². The minimum atomic E-state index is 0.0815. The van der Waals surface area contributed by atoms with Gasteiger partial charge in [-0.3, -0.25) is 4.98 Å². The molecule has 3 rings (SSSR count). The van der Waals surface area contributed by atoms with Crippen molar-refractivity contribution in [3.8, 4) is 5.88 Å². The van der Waals surface area contributed by atoms with Crippen molar-refractivity contribution >= 4 is 17.2 Å². The number of aromatic nitrogens is 2. The first-order chi connectivity index (χ1) is 9.76. The second kappa shape index (κ2) is 5.76. The molecule has 3 heterocycles. The van der Waals surface area contributed by atoms with Gasteiger partial charge in [0.15, 0.2) is 5.82 Å². The molecule has 1 aliphatic rings. The van der Waals surface area contributed by atoms with Crippen LogP contribution in [-0.2, 0) is 4.74 Å². The third-order valence-electron chi connectivity index (χ3n) is 3.31. The number of hydrogen-bond acceptors (Lipinski definition) is 6. The van der Waals surface area contributed by atoms with E-state index < -0.39 is 0 Å². The molecule has 1 saturated heterocycles. The van der Waals surface area contributed by atoms with E-state index in [2.05, 4.69) is 38.6 Å². The van der Waals surface area contributed by atoms with Crippen LogP contribution < -0.4 is 9.64 Å². The first-order valence-electron chi connectivity index (χ1n) is 6.55. The number of thiophene rings is 1. The maximum Gasteiger partial charge on any atom is 0.233 e. The van der Waals surface area contributed by atoms with Crippen molar-refractivity contribution in [1.29, 1.82) is 0 Å². The summed E-state index contributed by atoms with van der Waals surface area (Å²) in [6.07, 6.45) is 3.62. The van der Waals surface area contributed by atoms with Crippen LogP contribution in [-0.4, -0.2) is 36.3 Å². The van der Waals surface area contributed by atoms with Crippen LogP contribution in [0, 0.1) is 0 Å². The van der Waals surface area contributed by atoms with Crippen LogP contribution in [0.2, 0.25) is 0 Å². The van der Waals surface area contributed by atoms with Crippen molar-refractivity contribution in [1.82, 2.24) is 9.97 Å². The zero-order chi connectivity index (χ0) is 13.9. The summed E-state index contributed by atoms with van der Waals surface area (Å²) in [4.78, 5) is 10.8. The fraction of sp³-hybridized carbons (Fsp3) is 0.429. The second-order valence-corrected chi connectivity index (χ2v) is 5.60. The molecule has 0 amide bonds. The molecule has 0 bridgehead atoms. The van der Waals surface area contributed by atoms with Crippen molar-refractivity contribution in [2.75, 3.05) is 25.1 Å². The van der Waals surface area contributed by atoms with Gasteiger partial charge in [0.1, 0.15) is 6.10 Å². The standard InChI is InChI=1S/C14H17N3O2S/c1-10-7-17(13-5-15-6-14(16-13)18-2)8-12(19-10)11-3-4-20-9-11/h3-6,9-10,12H,7-8H2,1-2H3. The van der Waals surface area contributed by atoms with Crippen LogP contribution in [0.25, 0.3) is 0 Å². The summed E-state index contributed by atoms with van der Waals surface area (Å²) in [5, 5.41) is 4.21. The highest BCUT2D eigenvalue weighted by Gasteiger charge is 2.27. The van der Waals surface area contributed by atoms with Crippen molar-refractivity contribution in [3.05, 3.63) is 34.8 Å². The summed E-state index contributed by atoms with van der Waals surface area (Å²) >= 11 is 1.69. The number of ether oxygens (including phenoxy) is 2. The number of methoxy groups -OCH3 is 1. The average Bonchev–Trinajstić information content (AvgIpc) is 3.01. The second-order valence-electron chi connectivity index (χ2n) is 4.82. The lowest BCUT2D eigenvalue weighted by atomic mass is 10.1. The minimum Gasteiger partial charge on any atom is -0.480 e. The highest BCUT2D eigenvalue weighted by Crippen LogP contribution is 2.29. The van der Waals surface area contributed by atoms with E-state index in [0.717, 1.165) is 18.9 Å². The van der Waals surface area contributed by atoms with Gasteiger partial charge in [-0.15, -0.1) is 0 Å². The van der Waals surface area contributed by atoms with Crippen molar-refractivity contribution in [2.24, 2.45) is 0 Å². The van der Waals surface area contributed by atoms with Crippen molar-refractivity contribution in [2.45, 2.75) is 19.1 Å². The third kappa shape index (κ3) is 2.76.